The first-order chi connectivity index (χ1) is 9.70. The molecule has 0 aliphatic carbocycles. The molecule has 0 bridgehead atoms. The number of nitrogen functional groups attached to an aromatic ring is 1. The molecular formula is C14H20N4OS. The Labute approximate surface area is 122 Å². The second kappa shape index (κ2) is 7.19. The smallest absolute Gasteiger partial charge is 0.343 e. The molecule has 0 unspecified atom stereocenters. The van der Waals surface area contributed by atoms with Gasteiger partial charge in [-0.25, -0.2) is 9.89 Å². The summed E-state index contributed by atoms with van der Waals surface area (Å²) < 4.78 is 1.70. The third-order valence-electron chi connectivity index (χ3n) is 2.99. The molecule has 0 fully saturated rings. The van der Waals surface area contributed by atoms with Crippen LogP contribution in [0.2, 0.25) is 0 Å². The van der Waals surface area contributed by atoms with Crippen LogP contribution >= 0.6 is 11.8 Å². The molecule has 1 heterocycles. The summed E-state index contributed by atoms with van der Waals surface area (Å²) in [5, 5.41) is 7.36. The summed E-state index contributed by atoms with van der Waals surface area (Å²) in [6.07, 6.45) is 2.98. The van der Waals surface area contributed by atoms with Crippen molar-refractivity contribution in [2.24, 2.45) is 0 Å². The number of H-pyrrole nitrogens is 1. The summed E-state index contributed by atoms with van der Waals surface area (Å²) >= 11 is 1.63. The van der Waals surface area contributed by atoms with E-state index in [-0.39, 0.29) is 5.69 Å². The van der Waals surface area contributed by atoms with Gasteiger partial charge in [-0.3, -0.25) is 4.57 Å². The van der Waals surface area contributed by atoms with Crippen molar-refractivity contribution in [3.05, 3.63) is 40.3 Å². The molecule has 3 N–H and O–H groups in total. The van der Waals surface area contributed by atoms with E-state index in [2.05, 4.69) is 29.3 Å². The van der Waals surface area contributed by atoms with Crippen LogP contribution in [-0.4, -0.2) is 20.5 Å². The number of aryl methyl sites for hydroxylation is 1. The van der Waals surface area contributed by atoms with E-state index in [0.717, 1.165) is 42.4 Å². The minimum Gasteiger partial charge on any atom is -0.399 e. The fourth-order valence-corrected chi connectivity index (χ4v) is 2.87. The fourth-order valence-electron chi connectivity index (χ4n) is 1.96. The third-order valence-corrected chi connectivity index (χ3v) is 4.05. The van der Waals surface area contributed by atoms with E-state index in [0.29, 0.717) is 0 Å². The van der Waals surface area contributed by atoms with Crippen molar-refractivity contribution in [3.63, 3.8) is 0 Å². The molecule has 6 heteroatoms. The summed E-state index contributed by atoms with van der Waals surface area (Å²) in [7, 11) is 0. The Morgan fingerprint density at radius 2 is 2.10 bits per heavy atom. The van der Waals surface area contributed by atoms with Crippen molar-refractivity contribution >= 4 is 17.4 Å². The lowest BCUT2D eigenvalue weighted by Gasteiger charge is -2.04. The first kappa shape index (κ1) is 14.7. The van der Waals surface area contributed by atoms with Crippen LogP contribution in [0.15, 0.2) is 34.2 Å². The van der Waals surface area contributed by atoms with Crippen molar-refractivity contribution < 1.29 is 0 Å². The van der Waals surface area contributed by atoms with Gasteiger partial charge < -0.3 is 5.73 Å². The number of nitrogens with two attached hydrogens (primary N) is 1. The van der Waals surface area contributed by atoms with E-state index in [1.54, 1.807) is 16.3 Å². The van der Waals surface area contributed by atoms with Crippen LogP contribution < -0.4 is 11.4 Å². The molecule has 1 aromatic carbocycles. The highest BCUT2D eigenvalue weighted by Crippen LogP contribution is 2.16. The van der Waals surface area contributed by atoms with E-state index < -0.39 is 0 Å². The van der Waals surface area contributed by atoms with Gasteiger partial charge in [0.2, 0.25) is 0 Å². The first-order valence-electron chi connectivity index (χ1n) is 6.83. The summed E-state index contributed by atoms with van der Waals surface area (Å²) in [4.78, 5) is 11.5. The maximum atomic E-state index is 11.5. The third kappa shape index (κ3) is 3.90. The highest BCUT2D eigenvalue weighted by Gasteiger charge is 2.07. The Kier molecular flexibility index (Phi) is 5.29. The Morgan fingerprint density at radius 1 is 1.35 bits per heavy atom. The molecule has 5 nitrogen and oxygen atoms in total. The highest BCUT2D eigenvalue weighted by atomic mass is 32.2. The minimum atomic E-state index is -0.118. The maximum Gasteiger partial charge on any atom is 0.343 e. The molecule has 20 heavy (non-hydrogen) atoms. The highest BCUT2D eigenvalue weighted by molar-refractivity contribution is 7.99. The average molecular weight is 292 g/mol. The molecule has 0 amide bonds. The zero-order valence-corrected chi connectivity index (χ0v) is 12.4. The minimum absolute atomic E-state index is 0.118. The van der Waals surface area contributed by atoms with E-state index in [9.17, 15) is 4.79 Å². The van der Waals surface area contributed by atoms with Gasteiger partial charge in [0.15, 0.2) is 5.16 Å². The molecule has 0 spiro atoms. The number of aromatic nitrogens is 3. The number of hydrogen-bond donors (Lipinski definition) is 2. The largest absolute Gasteiger partial charge is 0.399 e. The number of nitrogens with one attached hydrogen (secondary N) is 1. The Balaban J connectivity index is 1.81. The monoisotopic (exact) mass is 292 g/mol. The molecule has 0 atom stereocenters. The van der Waals surface area contributed by atoms with E-state index in [4.69, 9.17) is 5.73 Å². The maximum absolute atomic E-state index is 11.5. The zero-order valence-electron chi connectivity index (χ0n) is 11.6. The van der Waals surface area contributed by atoms with E-state index >= 15 is 0 Å². The zero-order chi connectivity index (χ0) is 14.4. The number of rotatable bonds is 7. The van der Waals surface area contributed by atoms with Gasteiger partial charge in [-0.2, -0.15) is 0 Å². The quantitative estimate of drug-likeness (QED) is 0.466. The van der Waals surface area contributed by atoms with Gasteiger partial charge in [-0.1, -0.05) is 30.8 Å². The van der Waals surface area contributed by atoms with Gasteiger partial charge in [0, 0.05) is 18.0 Å². The van der Waals surface area contributed by atoms with Crippen LogP contribution in [0.4, 0.5) is 5.69 Å². The summed E-state index contributed by atoms with van der Waals surface area (Å²) in [6.45, 7) is 2.77. The number of benzene rings is 1. The lowest BCUT2D eigenvalue weighted by molar-refractivity contribution is 0.603. The molecule has 2 rings (SSSR count). The van der Waals surface area contributed by atoms with Crippen LogP contribution in [-0.2, 0) is 13.0 Å². The summed E-state index contributed by atoms with van der Waals surface area (Å²) in [5.41, 5.74) is 7.62. The molecule has 0 saturated carbocycles. The van der Waals surface area contributed by atoms with Crippen molar-refractivity contribution in [3.8, 4) is 0 Å². The topological polar surface area (TPSA) is 76.7 Å². The van der Waals surface area contributed by atoms with Gasteiger partial charge in [0.05, 0.1) is 0 Å². The number of anilines is 1. The number of aromatic amines is 1. The lowest BCUT2D eigenvalue weighted by atomic mass is 10.1. The Hall–Kier alpha value is -1.69. The number of thioether (sulfide) groups is 1. The first-order valence-corrected chi connectivity index (χ1v) is 7.81. The molecule has 0 aliphatic heterocycles. The molecule has 2 aromatic rings. The predicted octanol–water partition coefficient (Wildman–Crippen LogP) is 2.29. The van der Waals surface area contributed by atoms with Gasteiger partial charge in [0.25, 0.3) is 0 Å². The van der Waals surface area contributed by atoms with Gasteiger partial charge >= 0.3 is 5.69 Å². The molecule has 0 aliphatic rings. The molecule has 0 radical (unpaired) electrons. The van der Waals surface area contributed by atoms with Crippen LogP contribution in [0.3, 0.4) is 0 Å². The van der Waals surface area contributed by atoms with Crippen molar-refractivity contribution in [1.82, 2.24) is 14.8 Å². The van der Waals surface area contributed by atoms with Gasteiger partial charge in [-0.15, -0.1) is 5.10 Å². The lowest BCUT2D eigenvalue weighted by Crippen LogP contribution is -2.17. The summed E-state index contributed by atoms with van der Waals surface area (Å²) in [6, 6.07) is 7.97. The second-order valence-electron chi connectivity index (χ2n) is 4.66. The molecule has 0 saturated heterocycles. The van der Waals surface area contributed by atoms with E-state index in [1.807, 2.05) is 12.1 Å². The van der Waals surface area contributed by atoms with Crippen LogP contribution in [0, 0.1) is 0 Å². The van der Waals surface area contributed by atoms with E-state index in [1.165, 1.54) is 5.56 Å². The molecule has 1 aromatic heterocycles. The van der Waals surface area contributed by atoms with Crippen molar-refractivity contribution in [2.75, 3.05) is 11.5 Å². The number of nitrogens with zero attached hydrogens (tertiary/aromatic N) is 2. The fraction of sp³-hybridized carbons (Fsp3) is 0.429. The molecule has 108 valence electrons. The van der Waals surface area contributed by atoms with Crippen molar-refractivity contribution in [1.29, 1.82) is 0 Å². The second-order valence-corrected chi connectivity index (χ2v) is 5.72. The summed E-state index contributed by atoms with van der Waals surface area (Å²) in [5.74, 6) is 0.943. The SMILES string of the molecule is CCCn1c(SCCCc2ccc(N)cc2)n[nH]c1=O. The standard InChI is InChI=1S/C14H20N4OS/c1-2-9-18-13(19)16-17-14(18)20-10-3-4-11-5-7-12(15)8-6-11/h5-8H,2-4,9-10,15H2,1H3,(H,16,19). The Bertz CT molecular complexity index is 588. The Morgan fingerprint density at radius 3 is 2.80 bits per heavy atom. The van der Waals surface area contributed by atoms with Gasteiger partial charge in [0.1, 0.15) is 0 Å². The predicted molar refractivity (Wildman–Crippen MR) is 83.0 cm³/mol. The van der Waals surface area contributed by atoms with Crippen LogP contribution in [0.1, 0.15) is 25.3 Å². The van der Waals surface area contributed by atoms with Gasteiger partial charge in [-0.05, 0) is 37.0 Å². The number of hydrogen-bond acceptors (Lipinski definition) is 4. The van der Waals surface area contributed by atoms with Crippen LogP contribution in [0.5, 0.6) is 0 Å². The van der Waals surface area contributed by atoms with Crippen molar-refractivity contribution in [2.45, 2.75) is 37.9 Å². The normalized spacial score (nSPS) is 10.8. The molecular weight excluding hydrogens is 272 g/mol. The van der Waals surface area contributed by atoms with Crippen LogP contribution in [0.25, 0.3) is 0 Å². The average Bonchev–Trinajstić information content (AvgIpc) is 2.79.